The van der Waals surface area contributed by atoms with E-state index in [0.29, 0.717) is 6.42 Å². The molecule has 2 heterocycles. The van der Waals surface area contributed by atoms with Crippen molar-refractivity contribution < 1.29 is 14.3 Å². The number of hydrogen-bond acceptors (Lipinski definition) is 4. The van der Waals surface area contributed by atoms with Crippen LogP contribution in [0.1, 0.15) is 19.3 Å². The third-order valence-corrected chi connectivity index (χ3v) is 3.07. The second-order valence-corrected chi connectivity index (χ2v) is 4.02. The summed E-state index contributed by atoms with van der Waals surface area (Å²) in [6.07, 6.45) is 1.81. The highest BCUT2D eigenvalue weighted by atomic mass is 35.5. The number of halogens is 1. The van der Waals surface area contributed by atoms with Crippen molar-refractivity contribution in [3.63, 3.8) is 0 Å². The lowest BCUT2D eigenvalue weighted by atomic mass is 9.77. The summed E-state index contributed by atoms with van der Waals surface area (Å²) in [7, 11) is 2.02. The normalized spacial score (nSPS) is 26.1. The maximum atomic E-state index is 11.4. The van der Waals surface area contributed by atoms with Gasteiger partial charge in [0.05, 0.1) is 11.8 Å². The van der Waals surface area contributed by atoms with E-state index in [1.807, 2.05) is 7.05 Å². The molecule has 2 aliphatic rings. The zero-order valence-corrected chi connectivity index (χ0v) is 8.93. The minimum Gasteiger partial charge on any atom is -0.393 e. The van der Waals surface area contributed by atoms with Gasteiger partial charge in [-0.2, -0.15) is 0 Å². The Balaban J connectivity index is 0.000000980. The summed E-state index contributed by atoms with van der Waals surface area (Å²) in [6.45, 7) is 1.75. The standard InChI is InChI=1S/C9H13NO3.ClH/c1-10-4-2-9(3-5-10)6-7(11)13-8(9)12;/h2-6H2,1H3;1H. The van der Waals surface area contributed by atoms with Crippen LogP contribution in [0.3, 0.4) is 0 Å². The van der Waals surface area contributed by atoms with E-state index in [1.165, 1.54) is 0 Å². The number of ether oxygens (including phenoxy) is 1. The molecule has 0 saturated carbocycles. The second kappa shape index (κ2) is 3.87. The first-order valence-electron chi connectivity index (χ1n) is 4.56. The molecular formula is C9H14ClNO3. The van der Waals surface area contributed by atoms with E-state index >= 15 is 0 Å². The number of carbonyl (C=O) groups is 2. The van der Waals surface area contributed by atoms with Crippen LogP contribution < -0.4 is 0 Å². The topological polar surface area (TPSA) is 46.6 Å². The Morgan fingerprint density at radius 2 is 1.86 bits per heavy atom. The molecule has 14 heavy (non-hydrogen) atoms. The number of likely N-dealkylation sites (tertiary alicyclic amines) is 1. The van der Waals surface area contributed by atoms with E-state index in [-0.39, 0.29) is 24.3 Å². The van der Waals surface area contributed by atoms with Crippen molar-refractivity contribution in [2.75, 3.05) is 20.1 Å². The van der Waals surface area contributed by atoms with Crippen LogP contribution in [0.5, 0.6) is 0 Å². The Hall–Kier alpha value is -0.610. The Morgan fingerprint density at radius 3 is 2.29 bits per heavy atom. The first-order valence-corrected chi connectivity index (χ1v) is 4.56. The molecular weight excluding hydrogens is 206 g/mol. The fourth-order valence-electron chi connectivity index (χ4n) is 2.02. The third kappa shape index (κ3) is 1.77. The summed E-state index contributed by atoms with van der Waals surface area (Å²) in [4.78, 5) is 24.5. The van der Waals surface area contributed by atoms with Gasteiger partial charge in [0, 0.05) is 0 Å². The SMILES string of the molecule is CN1CCC2(CC1)CC(=O)OC2=O.Cl. The Labute approximate surface area is 89.0 Å². The van der Waals surface area contributed by atoms with E-state index in [2.05, 4.69) is 9.64 Å². The minimum absolute atomic E-state index is 0. The number of hydrogen-bond donors (Lipinski definition) is 0. The van der Waals surface area contributed by atoms with Crippen molar-refractivity contribution >= 4 is 24.3 Å². The second-order valence-electron chi connectivity index (χ2n) is 4.02. The van der Waals surface area contributed by atoms with Crippen molar-refractivity contribution in [2.45, 2.75) is 19.3 Å². The van der Waals surface area contributed by atoms with Gasteiger partial charge in [-0.05, 0) is 33.0 Å². The zero-order chi connectivity index (χ0) is 9.47. The molecule has 0 unspecified atom stereocenters. The Bertz CT molecular complexity index is 259. The van der Waals surface area contributed by atoms with Crippen molar-refractivity contribution in [3.05, 3.63) is 0 Å². The number of esters is 2. The lowest BCUT2D eigenvalue weighted by Crippen LogP contribution is -2.40. The van der Waals surface area contributed by atoms with Crippen molar-refractivity contribution in [1.29, 1.82) is 0 Å². The van der Waals surface area contributed by atoms with E-state index in [9.17, 15) is 9.59 Å². The van der Waals surface area contributed by atoms with Crippen LogP contribution in [0.4, 0.5) is 0 Å². The Kier molecular flexibility index (Phi) is 3.17. The summed E-state index contributed by atoms with van der Waals surface area (Å²) in [6, 6.07) is 0. The third-order valence-electron chi connectivity index (χ3n) is 3.07. The number of rotatable bonds is 0. The van der Waals surface area contributed by atoms with Crippen LogP contribution in [0.2, 0.25) is 0 Å². The quantitative estimate of drug-likeness (QED) is 0.442. The summed E-state index contributed by atoms with van der Waals surface area (Å²) in [5.41, 5.74) is -0.469. The van der Waals surface area contributed by atoms with Crippen LogP contribution in [-0.4, -0.2) is 37.0 Å². The first-order chi connectivity index (χ1) is 6.12. The van der Waals surface area contributed by atoms with E-state index in [4.69, 9.17) is 0 Å². The number of carbonyl (C=O) groups excluding carboxylic acids is 2. The molecule has 4 nitrogen and oxygen atoms in total. The molecule has 0 N–H and O–H groups in total. The van der Waals surface area contributed by atoms with E-state index < -0.39 is 5.41 Å². The molecule has 2 fully saturated rings. The van der Waals surface area contributed by atoms with Gasteiger partial charge in [-0.15, -0.1) is 12.4 Å². The number of cyclic esters (lactones) is 2. The fourth-order valence-corrected chi connectivity index (χ4v) is 2.02. The van der Waals surface area contributed by atoms with Gasteiger partial charge in [0.1, 0.15) is 0 Å². The van der Waals surface area contributed by atoms with Gasteiger partial charge < -0.3 is 9.64 Å². The van der Waals surface area contributed by atoms with Gasteiger partial charge in [0.2, 0.25) is 0 Å². The van der Waals surface area contributed by atoms with Gasteiger partial charge in [-0.25, -0.2) is 0 Å². The molecule has 0 radical (unpaired) electrons. The van der Waals surface area contributed by atoms with Gasteiger partial charge in [-0.1, -0.05) is 0 Å². The van der Waals surface area contributed by atoms with Gasteiger partial charge in [0.15, 0.2) is 0 Å². The smallest absolute Gasteiger partial charge is 0.320 e. The van der Waals surface area contributed by atoms with Crippen molar-refractivity contribution in [3.8, 4) is 0 Å². The minimum atomic E-state index is -0.469. The monoisotopic (exact) mass is 219 g/mol. The van der Waals surface area contributed by atoms with E-state index in [0.717, 1.165) is 25.9 Å². The lowest BCUT2D eigenvalue weighted by molar-refractivity contribution is -0.156. The molecule has 0 aromatic heterocycles. The summed E-state index contributed by atoms with van der Waals surface area (Å²) < 4.78 is 4.59. The number of piperidine rings is 1. The molecule has 1 spiro atoms. The highest BCUT2D eigenvalue weighted by molar-refractivity contribution is 5.97. The molecule has 0 bridgehead atoms. The Morgan fingerprint density at radius 1 is 1.29 bits per heavy atom. The van der Waals surface area contributed by atoms with Crippen LogP contribution >= 0.6 is 12.4 Å². The molecule has 2 saturated heterocycles. The molecule has 0 amide bonds. The highest BCUT2D eigenvalue weighted by Gasteiger charge is 2.49. The predicted molar refractivity (Wildman–Crippen MR) is 52.1 cm³/mol. The number of nitrogens with zero attached hydrogens (tertiary/aromatic N) is 1. The highest BCUT2D eigenvalue weighted by Crippen LogP contribution is 2.40. The summed E-state index contributed by atoms with van der Waals surface area (Å²) >= 11 is 0. The molecule has 2 aliphatic heterocycles. The predicted octanol–water partition coefficient (Wildman–Crippen LogP) is 0.594. The lowest BCUT2D eigenvalue weighted by Gasteiger charge is -2.33. The maximum Gasteiger partial charge on any atom is 0.320 e. The van der Waals surface area contributed by atoms with Gasteiger partial charge in [-0.3, -0.25) is 9.59 Å². The molecule has 80 valence electrons. The molecule has 2 rings (SSSR count). The molecule has 5 heteroatoms. The average Bonchev–Trinajstić information content (AvgIpc) is 2.34. The zero-order valence-electron chi connectivity index (χ0n) is 8.12. The van der Waals surface area contributed by atoms with Crippen molar-refractivity contribution in [1.82, 2.24) is 4.90 Å². The first kappa shape index (κ1) is 11.5. The van der Waals surface area contributed by atoms with Gasteiger partial charge >= 0.3 is 11.9 Å². The van der Waals surface area contributed by atoms with Crippen LogP contribution in [0.25, 0.3) is 0 Å². The maximum absolute atomic E-state index is 11.4. The van der Waals surface area contributed by atoms with Crippen LogP contribution in [0.15, 0.2) is 0 Å². The molecule has 0 aromatic carbocycles. The van der Waals surface area contributed by atoms with Crippen LogP contribution in [0, 0.1) is 5.41 Å². The summed E-state index contributed by atoms with van der Waals surface area (Å²) in [5.74, 6) is -0.653. The van der Waals surface area contributed by atoms with E-state index in [1.54, 1.807) is 0 Å². The fraction of sp³-hybridized carbons (Fsp3) is 0.778. The van der Waals surface area contributed by atoms with Crippen molar-refractivity contribution in [2.24, 2.45) is 5.41 Å². The van der Waals surface area contributed by atoms with Crippen LogP contribution in [-0.2, 0) is 14.3 Å². The largest absolute Gasteiger partial charge is 0.393 e. The molecule has 0 aromatic rings. The summed E-state index contributed by atoms with van der Waals surface area (Å²) in [5, 5.41) is 0. The molecule has 0 atom stereocenters. The average molecular weight is 220 g/mol. The molecule has 0 aliphatic carbocycles. The van der Waals surface area contributed by atoms with Gasteiger partial charge in [0.25, 0.3) is 0 Å².